The fourth-order valence-corrected chi connectivity index (χ4v) is 3.93. The molecule has 1 N–H and O–H groups in total. The summed E-state index contributed by atoms with van der Waals surface area (Å²) in [5.74, 6) is 0.838. The van der Waals surface area contributed by atoms with Gasteiger partial charge in [0.25, 0.3) is 0 Å². The number of hydrogen-bond acceptors (Lipinski definition) is 2. The van der Waals surface area contributed by atoms with Gasteiger partial charge in [0.2, 0.25) is 0 Å². The number of aromatic nitrogens is 1. The maximum absolute atomic E-state index is 4.18. The molecule has 2 heteroatoms. The summed E-state index contributed by atoms with van der Waals surface area (Å²) in [6.45, 7) is 2.42. The monoisotopic (exact) mass is 230 g/mol. The lowest BCUT2D eigenvalue weighted by Crippen LogP contribution is -2.38. The highest BCUT2D eigenvalue weighted by atomic mass is 14.9. The van der Waals surface area contributed by atoms with Crippen molar-refractivity contribution in [3.8, 4) is 0 Å². The molecule has 92 valence electrons. The van der Waals surface area contributed by atoms with Crippen molar-refractivity contribution in [2.45, 2.75) is 43.9 Å². The number of nitrogens with one attached hydrogen (secondary N) is 1. The Hall–Kier alpha value is -0.890. The Balaban J connectivity index is 1.95. The van der Waals surface area contributed by atoms with Gasteiger partial charge in [-0.1, -0.05) is 19.3 Å². The van der Waals surface area contributed by atoms with E-state index in [0.717, 1.165) is 5.92 Å². The van der Waals surface area contributed by atoms with Crippen LogP contribution in [0.15, 0.2) is 24.5 Å². The van der Waals surface area contributed by atoms with E-state index in [1.165, 1.54) is 51.6 Å². The van der Waals surface area contributed by atoms with E-state index in [2.05, 4.69) is 22.4 Å². The summed E-state index contributed by atoms with van der Waals surface area (Å²) < 4.78 is 0. The molecule has 1 aliphatic heterocycles. The molecule has 1 aliphatic carbocycles. The van der Waals surface area contributed by atoms with Gasteiger partial charge in [0.15, 0.2) is 0 Å². The second kappa shape index (κ2) is 4.77. The van der Waals surface area contributed by atoms with Crippen LogP contribution >= 0.6 is 0 Å². The van der Waals surface area contributed by atoms with E-state index in [1.807, 2.05) is 12.4 Å². The van der Waals surface area contributed by atoms with Crippen LogP contribution in [0.25, 0.3) is 0 Å². The molecule has 2 aliphatic rings. The van der Waals surface area contributed by atoms with Crippen LogP contribution in [0.5, 0.6) is 0 Å². The van der Waals surface area contributed by atoms with Gasteiger partial charge in [-0.25, -0.2) is 0 Å². The van der Waals surface area contributed by atoms with Gasteiger partial charge in [-0.15, -0.1) is 0 Å². The smallest absolute Gasteiger partial charge is 0.0270 e. The molecule has 0 bridgehead atoms. The second-order valence-corrected chi connectivity index (χ2v) is 5.64. The Bertz CT molecular complexity index is 348. The van der Waals surface area contributed by atoms with E-state index >= 15 is 0 Å². The molecule has 1 saturated heterocycles. The molecule has 0 spiro atoms. The number of pyridine rings is 1. The van der Waals surface area contributed by atoms with Crippen molar-refractivity contribution in [1.82, 2.24) is 10.3 Å². The number of hydrogen-bond donors (Lipinski definition) is 1. The SMILES string of the molecule is c1cc(C2(C3CCNC3)CCCCC2)ccn1. The molecule has 0 aromatic carbocycles. The zero-order valence-electron chi connectivity index (χ0n) is 10.5. The standard InChI is InChI=1S/C15H22N2/c1-2-7-15(8-3-1,14-6-11-17-12-14)13-4-9-16-10-5-13/h4-5,9-10,14,17H,1-3,6-8,11-12H2. The predicted octanol–water partition coefficient (Wildman–Crippen LogP) is 2.89. The Morgan fingerprint density at radius 2 is 1.88 bits per heavy atom. The Morgan fingerprint density at radius 1 is 1.12 bits per heavy atom. The average molecular weight is 230 g/mol. The van der Waals surface area contributed by atoms with Crippen molar-refractivity contribution in [2.24, 2.45) is 5.92 Å². The Morgan fingerprint density at radius 3 is 2.53 bits per heavy atom. The summed E-state index contributed by atoms with van der Waals surface area (Å²) in [5, 5.41) is 3.55. The van der Waals surface area contributed by atoms with Gasteiger partial charge < -0.3 is 5.32 Å². The summed E-state index contributed by atoms with van der Waals surface area (Å²) in [4.78, 5) is 4.18. The first-order valence-electron chi connectivity index (χ1n) is 7.03. The van der Waals surface area contributed by atoms with Crippen LogP contribution in [0.2, 0.25) is 0 Å². The molecule has 2 fully saturated rings. The molecular weight excluding hydrogens is 208 g/mol. The van der Waals surface area contributed by atoms with Crippen molar-refractivity contribution in [3.05, 3.63) is 30.1 Å². The van der Waals surface area contributed by atoms with Crippen LogP contribution in [0, 0.1) is 5.92 Å². The van der Waals surface area contributed by atoms with Gasteiger partial charge in [0, 0.05) is 12.4 Å². The third-order valence-electron chi connectivity index (χ3n) is 4.84. The van der Waals surface area contributed by atoms with Crippen molar-refractivity contribution in [1.29, 1.82) is 0 Å². The molecule has 1 atom stereocenters. The molecule has 3 rings (SSSR count). The predicted molar refractivity (Wildman–Crippen MR) is 70.0 cm³/mol. The molecule has 2 nitrogen and oxygen atoms in total. The minimum Gasteiger partial charge on any atom is -0.316 e. The highest BCUT2D eigenvalue weighted by molar-refractivity contribution is 5.25. The summed E-state index contributed by atoms with van der Waals surface area (Å²) in [7, 11) is 0. The van der Waals surface area contributed by atoms with Gasteiger partial charge in [0.1, 0.15) is 0 Å². The number of nitrogens with zero attached hydrogens (tertiary/aromatic N) is 1. The Labute approximate surface area is 104 Å². The molecule has 0 radical (unpaired) electrons. The third kappa shape index (κ3) is 1.99. The highest BCUT2D eigenvalue weighted by Crippen LogP contribution is 2.46. The molecule has 1 saturated carbocycles. The molecule has 1 aromatic heterocycles. The lowest BCUT2D eigenvalue weighted by molar-refractivity contribution is 0.202. The normalized spacial score (nSPS) is 28.1. The van der Waals surface area contributed by atoms with Crippen molar-refractivity contribution >= 4 is 0 Å². The van der Waals surface area contributed by atoms with Crippen LogP contribution in [-0.2, 0) is 5.41 Å². The van der Waals surface area contributed by atoms with Crippen LogP contribution in [0.3, 0.4) is 0 Å². The van der Waals surface area contributed by atoms with Crippen LogP contribution in [0.4, 0.5) is 0 Å². The molecule has 2 heterocycles. The van der Waals surface area contributed by atoms with Gasteiger partial charge in [0.05, 0.1) is 0 Å². The minimum absolute atomic E-state index is 0.449. The van der Waals surface area contributed by atoms with E-state index in [1.54, 1.807) is 5.56 Å². The summed E-state index contributed by atoms with van der Waals surface area (Å²) >= 11 is 0. The fraction of sp³-hybridized carbons (Fsp3) is 0.667. The quantitative estimate of drug-likeness (QED) is 0.845. The molecule has 1 aromatic rings. The fourth-order valence-electron chi connectivity index (χ4n) is 3.93. The van der Waals surface area contributed by atoms with E-state index in [9.17, 15) is 0 Å². The van der Waals surface area contributed by atoms with Crippen molar-refractivity contribution in [2.75, 3.05) is 13.1 Å². The highest BCUT2D eigenvalue weighted by Gasteiger charge is 2.41. The molecule has 17 heavy (non-hydrogen) atoms. The zero-order chi connectivity index (χ0) is 11.6. The van der Waals surface area contributed by atoms with Crippen LogP contribution in [-0.4, -0.2) is 18.1 Å². The van der Waals surface area contributed by atoms with E-state index < -0.39 is 0 Å². The summed E-state index contributed by atoms with van der Waals surface area (Å²) in [6, 6.07) is 4.51. The second-order valence-electron chi connectivity index (χ2n) is 5.64. The lowest BCUT2D eigenvalue weighted by Gasteiger charge is -2.42. The molecular formula is C15H22N2. The average Bonchev–Trinajstić information content (AvgIpc) is 2.95. The topological polar surface area (TPSA) is 24.9 Å². The van der Waals surface area contributed by atoms with Crippen molar-refractivity contribution in [3.63, 3.8) is 0 Å². The molecule has 1 unspecified atom stereocenters. The number of rotatable bonds is 2. The summed E-state index contributed by atoms with van der Waals surface area (Å²) in [5.41, 5.74) is 1.99. The largest absolute Gasteiger partial charge is 0.316 e. The lowest BCUT2D eigenvalue weighted by atomic mass is 9.62. The van der Waals surface area contributed by atoms with Gasteiger partial charge >= 0.3 is 0 Å². The maximum atomic E-state index is 4.18. The van der Waals surface area contributed by atoms with E-state index in [4.69, 9.17) is 0 Å². The van der Waals surface area contributed by atoms with Gasteiger partial charge in [-0.05, 0) is 61.4 Å². The first-order valence-corrected chi connectivity index (χ1v) is 7.03. The minimum atomic E-state index is 0.449. The van der Waals surface area contributed by atoms with E-state index in [-0.39, 0.29) is 0 Å². The summed E-state index contributed by atoms with van der Waals surface area (Å²) in [6.07, 6.45) is 12.3. The first kappa shape index (κ1) is 11.2. The Kier molecular flexibility index (Phi) is 3.15. The zero-order valence-corrected chi connectivity index (χ0v) is 10.5. The van der Waals surface area contributed by atoms with Crippen LogP contribution < -0.4 is 5.32 Å². The van der Waals surface area contributed by atoms with Crippen LogP contribution in [0.1, 0.15) is 44.1 Å². The van der Waals surface area contributed by atoms with Gasteiger partial charge in [-0.2, -0.15) is 0 Å². The van der Waals surface area contributed by atoms with Crippen molar-refractivity contribution < 1.29 is 0 Å². The maximum Gasteiger partial charge on any atom is 0.0270 e. The van der Waals surface area contributed by atoms with E-state index in [0.29, 0.717) is 5.41 Å². The molecule has 0 amide bonds. The first-order chi connectivity index (χ1) is 8.42. The van der Waals surface area contributed by atoms with Gasteiger partial charge in [-0.3, -0.25) is 4.98 Å². The third-order valence-corrected chi connectivity index (χ3v) is 4.84.